The second kappa shape index (κ2) is 8.29. The van der Waals surface area contributed by atoms with Crippen molar-refractivity contribution in [2.75, 3.05) is 19.1 Å². The molecule has 0 saturated carbocycles. The maximum atomic E-state index is 13.3. The Morgan fingerprint density at radius 1 is 0.964 bits per heavy atom. The van der Waals surface area contributed by atoms with Crippen LogP contribution in [0.1, 0.15) is 19.4 Å². The van der Waals surface area contributed by atoms with Crippen LogP contribution in [-0.2, 0) is 9.59 Å². The van der Waals surface area contributed by atoms with Crippen molar-refractivity contribution in [2.45, 2.75) is 19.1 Å². The summed E-state index contributed by atoms with van der Waals surface area (Å²) in [6, 6.07) is 11.9. The van der Waals surface area contributed by atoms with Gasteiger partial charge in [-0.25, -0.2) is 4.90 Å². The number of methoxy groups -OCH3 is 2. The van der Waals surface area contributed by atoms with E-state index in [4.69, 9.17) is 21.1 Å². The quantitative estimate of drug-likeness (QED) is 0.633. The summed E-state index contributed by atoms with van der Waals surface area (Å²) in [6.07, 6.45) is 0. The van der Waals surface area contributed by atoms with Crippen LogP contribution in [0.25, 0.3) is 5.57 Å². The first-order chi connectivity index (χ1) is 13.4. The number of hydrogen-bond acceptors (Lipinski definition) is 5. The van der Waals surface area contributed by atoms with Crippen LogP contribution in [0.4, 0.5) is 5.69 Å². The molecule has 0 radical (unpaired) electrons. The number of benzene rings is 2. The molecule has 28 heavy (non-hydrogen) atoms. The van der Waals surface area contributed by atoms with Crippen LogP contribution >= 0.6 is 23.4 Å². The molecule has 0 saturated heterocycles. The predicted molar refractivity (Wildman–Crippen MR) is 113 cm³/mol. The van der Waals surface area contributed by atoms with Gasteiger partial charge in [-0.1, -0.05) is 37.6 Å². The first kappa shape index (κ1) is 20.3. The van der Waals surface area contributed by atoms with Gasteiger partial charge in [-0.05, 0) is 35.9 Å². The third-order valence-corrected chi connectivity index (χ3v) is 5.55. The monoisotopic (exact) mass is 417 g/mol. The number of imide groups is 1. The average molecular weight is 418 g/mol. The molecule has 7 heteroatoms. The van der Waals surface area contributed by atoms with Gasteiger partial charge in [0.1, 0.15) is 11.5 Å². The Morgan fingerprint density at radius 2 is 1.64 bits per heavy atom. The first-order valence-electron chi connectivity index (χ1n) is 8.65. The van der Waals surface area contributed by atoms with Gasteiger partial charge in [-0.15, -0.1) is 11.8 Å². The molecule has 0 aliphatic carbocycles. The molecular formula is C21H20ClNO4S. The van der Waals surface area contributed by atoms with Crippen LogP contribution < -0.4 is 14.4 Å². The lowest BCUT2D eigenvalue weighted by molar-refractivity contribution is -0.119. The van der Waals surface area contributed by atoms with E-state index in [0.717, 1.165) is 4.90 Å². The van der Waals surface area contributed by atoms with Gasteiger partial charge in [-0.2, -0.15) is 0 Å². The molecule has 0 spiro atoms. The summed E-state index contributed by atoms with van der Waals surface area (Å²) in [4.78, 5) is 28.0. The summed E-state index contributed by atoms with van der Waals surface area (Å²) in [6.45, 7) is 3.96. The normalized spacial score (nSPS) is 14.3. The van der Waals surface area contributed by atoms with Crippen LogP contribution in [0.2, 0.25) is 5.02 Å². The van der Waals surface area contributed by atoms with Gasteiger partial charge in [0.25, 0.3) is 11.8 Å². The zero-order valence-electron chi connectivity index (χ0n) is 16.0. The fraction of sp³-hybridized carbons (Fsp3) is 0.238. The van der Waals surface area contributed by atoms with Crippen molar-refractivity contribution < 1.29 is 19.1 Å². The molecule has 0 atom stereocenters. The van der Waals surface area contributed by atoms with Crippen molar-refractivity contribution in [1.29, 1.82) is 0 Å². The molecule has 146 valence electrons. The van der Waals surface area contributed by atoms with Crippen LogP contribution in [-0.4, -0.2) is 31.3 Å². The van der Waals surface area contributed by atoms with E-state index in [1.54, 1.807) is 49.6 Å². The lowest BCUT2D eigenvalue weighted by Gasteiger charge is -2.16. The smallest absolute Gasteiger partial charge is 0.272 e. The molecule has 0 bridgehead atoms. The fourth-order valence-electron chi connectivity index (χ4n) is 2.90. The molecule has 0 aromatic heterocycles. The lowest BCUT2D eigenvalue weighted by atomic mass is 10.1. The molecule has 2 amide bonds. The van der Waals surface area contributed by atoms with Gasteiger partial charge >= 0.3 is 0 Å². The number of carbonyl (C=O) groups is 2. The number of nitrogens with zero attached hydrogens (tertiary/aromatic N) is 1. The van der Waals surface area contributed by atoms with E-state index in [1.807, 2.05) is 13.8 Å². The molecule has 5 nitrogen and oxygen atoms in total. The second-order valence-corrected chi connectivity index (χ2v) is 8.36. The van der Waals surface area contributed by atoms with Gasteiger partial charge in [-0.3, -0.25) is 9.59 Å². The number of thioether (sulfide) groups is 1. The molecule has 0 fully saturated rings. The Kier molecular flexibility index (Phi) is 6.01. The minimum absolute atomic E-state index is 0.138. The molecule has 1 heterocycles. The van der Waals surface area contributed by atoms with Crippen molar-refractivity contribution in [1.82, 2.24) is 0 Å². The van der Waals surface area contributed by atoms with Gasteiger partial charge in [0.2, 0.25) is 0 Å². The molecule has 2 aromatic rings. The topological polar surface area (TPSA) is 55.8 Å². The Hall–Kier alpha value is -2.44. The van der Waals surface area contributed by atoms with Crippen LogP contribution in [0.5, 0.6) is 11.5 Å². The molecule has 3 rings (SSSR count). The molecule has 2 aromatic carbocycles. The van der Waals surface area contributed by atoms with Crippen LogP contribution in [0.15, 0.2) is 47.4 Å². The minimum atomic E-state index is -0.375. The number of anilines is 1. The molecule has 0 N–H and O–H groups in total. The van der Waals surface area contributed by atoms with Crippen molar-refractivity contribution in [3.8, 4) is 11.5 Å². The number of ether oxygens (including phenoxy) is 2. The largest absolute Gasteiger partial charge is 0.497 e. The number of rotatable bonds is 6. The maximum Gasteiger partial charge on any atom is 0.272 e. The third kappa shape index (κ3) is 3.75. The van der Waals surface area contributed by atoms with Crippen molar-refractivity contribution in [2.24, 2.45) is 0 Å². The van der Waals surface area contributed by atoms with E-state index >= 15 is 0 Å². The maximum absolute atomic E-state index is 13.3. The number of hydrogen-bond donors (Lipinski definition) is 0. The second-order valence-electron chi connectivity index (χ2n) is 6.36. The van der Waals surface area contributed by atoms with E-state index < -0.39 is 0 Å². The van der Waals surface area contributed by atoms with E-state index in [0.29, 0.717) is 38.3 Å². The SMILES string of the molecule is COc1ccc(C2=C(SC(C)C)C(=O)N(c3ccc(OC)c(Cl)c3)C2=O)cc1. The Labute approximate surface area is 173 Å². The lowest BCUT2D eigenvalue weighted by Crippen LogP contribution is -2.31. The number of carbonyl (C=O) groups excluding carboxylic acids is 2. The average Bonchev–Trinajstić information content (AvgIpc) is 2.91. The van der Waals surface area contributed by atoms with Gasteiger partial charge in [0.05, 0.1) is 35.4 Å². The van der Waals surface area contributed by atoms with Gasteiger partial charge in [0.15, 0.2) is 0 Å². The molecule has 1 aliphatic heterocycles. The summed E-state index contributed by atoms with van der Waals surface area (Å²) in [5.41, 5.74) is 1.47. The highest BCUT2D eigenvalue weighted by Crippen LogP contribution is 2.41. The van der Waals surface area contributed by atoms with Crippen molar-refractivity contribution >= 4 is 46.4 Å². The van der Waals surface area contributed by atoms with Crippen LogP contribution in [0.3, 0.4) is 0 Å². The molecule has 1 aliphatic rings. The Morgan fingerprint density at radius 3 is 2.18 bits per heavy atom. The highest BCUT2D eigenvalue weighted by atomic mass is 35.5. The van der Waals surface area contributed by atoms with Gasteiger partial charge in [0, 0.05) is 5.25 Å². The first-order valence-corrected chi connectivity index (χ1v) is 9.90. The van der Waals surface area contributed by atoms with Crippen molar-refractivity contribution in [3.63, 3.8) is 0 Å². The van der Waals surface area contributed by atoms with Crippen LogP contribution in [0, 0.1) is 0 Å². The van der Waals surface area contributed by atoms with E-state index in [9.17, 15) is 9.59 Å². The summed E-state index contributed by atoms with van der Waals surface area (Å²) in [5.74, 6) is 0.429. The minimum Gasteiger partial charge on any atom is -0.497 e. The highest BCUT2D eigenvalue weighted by molar-refractivity contribution is 8.04. The van der Waals surface area contributed by atoms with Crippen molar-refractivity contribution in [3.05, 3.63) is 58.0 Å². The molecular weight excluding hydrogens is 398 g/mol. The Bertz CT molecular complexity index is 953. The van der Waals surface area contributed by atoms with E-state index in [2.05, 4.69) is 0 Å². The van der Waals surface area contributed by atoms with E-state index in [1.165, 1.54) is 18.9 Å². The van der Waals surface area contributed by atoms with E-state index in [-0.39, 0.29) is 17.1 Å². The summed E-state index contributed by atoms with van der Waals surface area (Å²) in [7, 11) is 3.08. The van der Waals surface area contributed by atoms with Gasteiger partial charge < -0.3 is 9.47 Å². The zero-order valence-corrected chi connectivity index (χ0v) is 17.6. The zero-order chi connectivity index (χ0) is 20.4. The highest BCUT2D eigenvalue weighted by Gasteiger charge is 2.40. The summed E-state index contributed by atoms with van der Waals surface area (Å²) < 4.78 is 10.3. The number of halogens is 1. The fourth-order valence-corrected chi connectivity index (χ4v) is 4.13. The number of amides is 2. The third-order valence-electron chi connectivity index (χ3n) is 4.17. The summed E-state index contributed by atoms with van der Waals surface area (Å²) in [5, 5.41) is 0.468. The standard InChI is InChI=1S/C21H20ClNO4S/c1-12(2)28-19-18(13-5-8-15(26-3)9-6-13)20(24)23(21(19)25)14-7-10-17(27-4)16(22)11-14/h5-12H,1-4H3. The summed E-state index contributed by atoms with van der Waals surface area (Å²) >= 11 is 7.58. The molecule has 0 unspecified atom stereocenters. The Balaban J connectivity index is 2.07. The predicted octanol–water partition coefficient (Wildman–Crippen LogP) is 4.78.